The van der Waals surface area contributed by atoms with Crippen LogP contribution in [0.2, 0.25) is 0 Å². The summed E-state index contributed by atoms with van der Waals surface area (Å²) in [6.07, 6.45) is 4.13. The number of rotatable bonds is 6. The van der Waals surface area contributed by atoms with Crippen LogP contribution in [0.1, 0.15) is 0 Å². The summed E-state index contributed by atoms with van der Waals surface area (Å²) < 4.78 is 0. The summed E-state index contributed by atoms with van der Waals surface area (Å²) in [5.41, 5.74) is 3.58. The minimum atomic E-state index is 0.919. The van der Waals surface area contributed by atoms with E-state index in [0.717, 1.165) is 12.2 Å². The fourth-order valence-electron chi connectivity index (χ4n) is 2.26. The molecule has 2 heteroatoms. The van der Waals surface area contributed by atoms with E-state index in [-0.39, 0.29) is 0 Å². The molecule has 0 fully saturated rings. The fourth-order valence-corrected chi connectivity index (χ4v) is 2.26. The number of quaternary nitrogens is 1. The van der Waals surface area contributed by atoms with E-state index in [1.807, 2.05) is 30.3 Å². The lowest BCUT2D eigenvalue weighted by Crippen LogP contribution is -3.03. The van der Waals surface area contributed by atoms with Crippen LogP contribution in [0, 0.1) is 0 Å². The van der Waals surface area contributed by atoms with Crippen LogP contribution in [-0.2, 0) is 0 Å². The first kappa shape index (κ1) is 15.1. The first-order valence-corrected chi connectivity index (χ1v) is 7.21. The molecule has 21 heavy (non-hydrogen) atoms. The zero-order chi connectivity index (χ0) is 15.1. The third-order valence-corrected chi connectivity index (χ3v) is 3.62. The Kier molecular flexibility index (Phi) is 5.35. The van der Waals surface area contributed by atoms with Gasteiger partial charge in [-0.05, 0) is 36.4 Å². The van der Waals surface area contributed by atoms with Gasteiger partial charge in [-0.25, -0.2) is 0 Å². The normalized spacial score (nSPS) is 12.8. The van der Waals surface area contributed by atoms with Crippen LogP contribution < -0.4 is 9.80 Å². The van der Waals surface area contributed by atoms with Crippen LogP contribution in [-0.4, -0.2) is 20.6 Å². The van der Waals surface area contributed by atoms with E-state index in [2.05, 4.69) is 68.0 Å². The van der Waals surface area contributed by atoms with Gasteiger partial charge >= 0.3 is 0 Å². The maximum Gasteiger partial charge on any atom is 0.131 e. The molecule has 0 aliphatic heterocycles. The zero-order valence-corrected chi connectivity index (χ0v) is 12.8. The topological polar surface area (TPSA) is 7.68 Å². The molecule has 0 bridgehead atoms. The van der Waals surface area contributed by atoms with E-state index in [4.69, 9.17) is 0 Å². The molecule has 0 spiro atoms. The number of anilines is 1. The molecular weight excluding hydrogens is 256 g/mol. The second-order valence-electron chi connectivity index (χ2n) is 5.08. The average Bonchev–Trinajstić information content (AvgIpc) is 2.56. The van der Waals surface area contributed by atoms with Gasteiger partial charge in [0.1, 0.15) is 12.2 Å². The lowest BCUT2D eigenvalue weighted by atomic mass is 10.2. The van der Waals surface area contributed by atoms with Crippen molar-refractivity contribution in [3.05, 3.63) is 85.1 Å². The van der Waals surface area contributed by atoms with Crippen molar-refractivity contribution in [1.82, 2.24) is 0 Å². The maximum absolute atomic E-state index is 3.94. The Hall–Kier alpha value is -2.32. The average molecular weight is 279 g/mol. The minimum absolute atomic E-state index is 0.919. The number of hydrogen-bond donors (Lipinski definition) is 1. The third-order valence-electron chi connectivity index (χ3n) is 3.62. The molecule has 0 saturated heterocycles. The summed E-state index contributed by atoms with van der Waals surface area (Å²) in [6, 6.07) is 20.8. The number of nitrogens with one attached hydrogen (secondary N) is 1. The number of allylic oxidation sites excluding steroid dienone is 1. The van der Waals surface area contributed by atoms with Gasteiger partial charge in [-0.15, -0.1) is 0 Å². The summed E-state index contributed by atoms with van der Waals surface area (Å²) in [7, 11) is 4.25. The van der Waals surface area contributed by atoms with Crippen molar-refractivity contribution >= 4 is 11.4 Å². The van der Waals surface area contributed by atoms with Gasteiger partial charge in [-0.2, -0.15) is 0 Å². The smallest absolute Gasteiger partial charge is 0.131 e. The molecule has 1 unspecified atom stereocenters. The van der Waals surface area contributed by atoms with Crippen molar-refractivity contribution in [3.8, 4) is 0 Å². The number of para-hydroxylation sites is 2. The summed E-state index contributed by atoms with van der Waals surface area (Å²) >= 11 is 0. The Morgan fingerprint density at radius 1 is 1.05 bits per heavy atom. The molecule has 2 nitrogen and oxygen atoms in total. The molecule has 0 saturated carbocycles. The third kappa shape index (κ3) is 4.07. The van der Waals surface area contributed by atoms with Crippen LogP contribution in [0.15, 0.2) is 85.1 Å². The second kappa shape index (κ2) is 7.46. The lowest BCUT2D eigenvalue weighted by Gasteiger charge is -2.21. The van der Waals surface area contributed by atoms with Crippen LogP contribution in [0.5, 0.6) is 0 Å². The quantitative estimate of drug-likeness (QED) is 0.799. The minimum Gasteiger partial charge on any atom is -0.345 e. The number of benzene rings is 2. The summed E-state index contributed by atoms with van der Waals surface area (Å²) in [5, 5.41) is 0. The Morgan fingerprint density at radius 2 is 1.62 bits per heavy atom. The van der Waals surface area contributed by atoms with Gasteiger partial charge in [0.25, 0.3) is 0 Å². The Morgan fingerprint density at radius 3 is 2.19 bits per heavy atom. The molecule has 0 aromatic heterocycles. The Labute approximate surface area is 127 Å². The molecular formula is C19H23N2+. The van der Waals surface area contributed by atoms with Crippen molar-refractivity contribution < 1.29 is 4.90 Å². The largest absolute Gasteiger partial charge is 0.345 e. The van der Waals surface area contributed by atoms with E-state index >= 15 is 0 Å². The summed E-state index contributed by atoms with van der Waals surface area (Å²) in [6.45, 7) is 4.86. The molecule has 1 atom stereocenters. The fraction of sp³-hybridized carbons (Fsp3) is 0.158. The van der Waals surface area contributed by atoms with E-state index in [1.54, 1.807) is 0 Å². The van der Waals surface area contributed by atoms with Gasteiger partial charge in [0, 0.05) is 18.4 Å². The predicted molar refractivity (Wildman–Crippen MR) is 91.0 cm³/mol. The maximum atomic E-state index is 3.94. The highest BCUT2D eigenvalue weighted by Gasteiger charge is 2.07. The molecule has 0 aliphatic rings. The van der Waals surface area contributed by atoms with Gasteiger partial charge in [-0.3, -0.25) is 0 Å². The number of nitrogens with zero attached hydrogens (tertiary/aromatic N) is 1. The monoisotopic (exact) mass is 279 g/mol. The Balaban J connectivity index is 2.09. The van der Waals surface area contributed by atoms with Crippen LogP contribution in [0.4, 0.5) is 11.4 Å². The number of hydrogen-bond acceptors (Lipinski definition) is 1. The van der Waals surface area contributed by atoms with Crippen molar-refractivity contribution in [2.24, 2.45) is 0 Å². The van der Waals surface area contributed by atoms with E-state index < -0.39 is 0 Å². The molecule has 108 valence electrons. The van der Waals surface area contributed by atoms with Crippen LogP contribution in [0.3, 0.4) is 0 Å². The van der Waals surface area contributed by atoms with Crippen molar-refractivity contribution in [2.75, 3.05) is 25.5 Å². The summed E-state index contributed by atoms with van der Waals surface area (Å²) in [5.74, 6) is 0. The SMILES string of the molecule is C=C/C(=C\C[NH+](C)c1ccccc1)N(C)c1ccccc1. The lowest BCUT2D eigenvalue weighted by molar-refractivity contribution is -0.803. The second-order valence-corrected chi connectivity index (χ2v) is 5.08. The highest BCUT2D eigenvalue weighted by Crippen LogP contribution is 2.16. The van der Waals surface area contributed by atoms with Gasteiger partial charge in [0.15, 0.2) is 0 Å². The molecule has 0 aliphatic carbocycles. The van der Waals surface area contributed by atoms with Crippen molar-refractivity contribution in [3.63, 3.8) is 0 Å². The van der Waals surface area contributed by atoms with Gasteiger partial charge in [-0.1, -0.05) is 43.0 Å². The molecule has 2 aromatic rings. The first-order valence-electron chi connectivity index (χ1n) is 7.21. The van der Waals surface area contributed by atoms with Crippen molar-refractivity contribution in [1.29, 1.82) is 0 Å². The summed E-state index contributed by atoms with van der Waals surface area (Å²) in [4.78, 5) is 3.52. The Bertz CT molecular complexity index is 587. The van der Waals surface area contributed by atoms with Gasteiger partial charge in [0.05, 0.1) is 7.05 Å². The van der Waals surface area contributed by atoms with E-state index in [0.29, 0.717) is 0 Å². The molecule has 0 amide bonds. The molecule has 0 heterocycles. The predicted octanol–water partition coefficient (Wildman–Crippen LogP) is 3.04. The molecule has 2 aromatic carbocycles. The highest BCUT2D eigenvalue weighted by molar-refractivity contribution is 5.53. The molecule has 2 rings (SSSR count). The van der Waals surface area contributed by atoms with E-state index in [9.17, 15) is 0 Å². The van der Waals surface area contributed by atoms with Gasteiger partial charge < -0.3 is 9.80 Å². The standard InChI is InChI=1S/C19H22N2/c1-4-17(21(3)19-13-9-6-10-14-19)15-16-20(2)18-11-7-5-8-12-18/h4-15H,1,16H2,2-3H3/p+1/b17-15+. The first-order chi connectivity index (χ1) is 10.2. The van der Waals surface area contributed by atoms with Crippen LogP contribution >= 0.6 is 0 Å². The molecule has 0 radical (unpaired) electrons. The number of likely N-dealkylation sites (N-methyl/N-ethyl adjacent to an activating group) is 2. The molecule has 1 N–H and O–H groups in total. The van der Waals surface area contributed by atoms with Crippen LogP contribution in [0.25, 0.3) is 0 Å². The van der Waals surface area contributed by atoms with E-state index in [1.165, 1.54) is 16.3 Å². The van der Waals surface area contributed by atoms with Crippen molar-refractivity contribution in [2.45, 2.75) is 0 Å². The zero-order valence-electron chi connectivity index (χ0n) is 12.8. The highest BCUT2D eigenvalue weighted by atomic mass is 15.1. The van der Waals surface area contributed by atoms with Gasteiger partial charge in [0.2, 0.25) is 0 Å².